The van der Waals surface area contributed by atoms with Gasteiger partial charge in [-0.2, -0.15) is 0 Å². The van der Waals surface area contributed by atoms with Crippen molar-refractivity contribution in [3.05, 3.63) is 47.1 Å². The first-order chi connectivity index (χ1) is 14.1. The SMILES string of the molecule is C=C1C(=CC=C2CCC[C@]3(C)C(CC)=CC[C@H]23)C[C@](O)(OC[C@@H](O)C(C)C)C[C@@H]1O. The van der Waals surface area contributed by atoms with Gasteiger partial charge in [-0.1, -0.05) is 63.6 Å². The summed E-state index contributed by atoms with van der Waals surface area (Å²) in [4.78, 5) is 0. The van der Waals surface area contributed by atoms with Gasteiger partial charge in [-0.25, -0.2) is 0 Å². The Morgan fingerprint density at radius 2 is 2.07 bits per heavy atom. The molecule has 0 aromatic heterocycles. The highest BCUT2D eigenvalue weighted by atomic mass is 16.6. The van der Waals surface area contributed by atoms with E-state index in [9.17, 15) is 15.3 Å². The summed E-state index contributed by atoms with van der Waals surface area (Å²) < 4.78 is 5.68. The molecule has 168 valence electrons. The summed E-state index contributed by atoms with van der Waals surface area (Å²) in [5.74, 6) is -0.881. The molecule has 3 N–H and O–H groups in total. The van der Waals surface area contributed by atoms with Crippen LogP contribution in [0.25, 0.3) is 0 Å². The molecule has 5 atom stereocenters. The minimum absolute atomic E-state index is 0.0467. The Morgan fingerprint density at radius 3 is 2.73 bits per heavy atom. The Bertz CT molecular complexity index is 746. The predicted molar refractivity (Wildman–Crippen MR) is 121 cm³/mol. The lowest BCUT2D eigenvalue weighted by Gasteiger charge is -2.41. The average molecular weight is 417 g/mol. The van der Waals surface area contributed by atoms with E-state index in [4.69, 9.17) is 4.74 Å². The average Bonchev–Trinajstić information content (AvgIpc) is 3.04. The van der Waals surface area contributed by atoms with Gasteiger partial charge in [-0.3, -0.25) is 0 Å². The van der Waals surface area contributed by atoms with Crippen LogP contribution in [0.15, 0.2) is 47.1 Å². The van der Waals surface area contributed by atoms with Crippen LogP contribution in [0.3, 0.4) is 0 Å². The second-order valence-electron chi connectivity index (χ2n) is 10.1. The lowest BCUT2D eigenvalue weighted by atomic mass is 9.64. The fraction of sp³-hybridized carbons (Fsp3) is 0.692. The maximum Gasteiger partial charge on any atom is 0.172 e. The molecule has 0 unspecified atom stereocenters. The zero-order valence-corrected chi connectivity index (χ0v) is 19.2. The molecule has 3 aliphatic carbocycles. The maximum absolute atomic E-state index is 11.0. The molecule has 0 saturated heterocycles. The highest BCUT2D eigenvalue weighted by Crippen LogP contribution is 2.55. The minimum Gasteiger partial charge on any atom is -0.390 e. The van der Waals surface area contributed by atoms with Crippen LogP contribution in [-0.4, -0.2) is 39.9 Å². The predicted octanol–water partition coefficient (Wildman–Crippen LogP) is 4.82. The lowest BCUT2D eigenvalue weighted by molar-refractivity contribution is -0.233. The molecule has 0 amide bonds. The first-order valence-electron chi connectivity index (χ1n) is 11.6. The topological polar surface area (TPSA) is 69.9 Å². The molecule has 0 aromatic rings. The number of aliphatic hydroxyl groups excluding tert-OH is 2. The molecule has 0 radical (unpaired) electrons. The second-order valence-corrected chi connectivity index (χ2v) is 10.1. The third kappa shape index (κ3) is 4.67. The molecular weight excluding hydrogens is 376 g/mol. The van der Waals surface area contributed by atoms with E-state index in [1.165, 1.54) is 18.4 Å². The Labute approximate surface area is 182 Å². The highest BCUT2D eigenvalue weighted by molar-refractivity contribution is 5.40. The van der Waals surface area contributed by atoms with E-state index in [-0.39, 0.29) is 30.8 Å². The van der Waals surface area contributed by atoms with Gasteiger partial charge in [0.15, 0.2) is 5.79 Å². The van der Waals surface area contributed by atoms with Gasteiger partial charge in [0.05, 0.1) is 18.8 Å². The van der Waals surface area contributed by atoms with E-state index in [0.717, 1.165) is 24.8 Å². The van der Waals surface area contributed by atoms with Gasteiger partial charge in [-0.15, -0.1) is 0 Å². The number of allylic oxidation sites excluding steroid dienone is 5. The van der Waals surface area contributed by atoms with Gasteiger partial charge < -0.3 is 20.1 Å². The van der Waals surface area contributed by atoms with Crippen molar-refractivity contribution in [2.45, 2.75) is 90.6 Å². The van der Waals surface area contributed by atoms with Crippen LogP contribution in [0, 0.1) is 17.3 Å². The van der Waals surface area contributed by atoms with E-state index in [2.05, 4.69) is 32.6 Å². The maximum atomic E-state index is 11.0. The van der Waals surface area contributed by atoms with Crippen molar-refractivity contribution < 1.29 is 20.1 Å². The van der Waals surface area contributed by atoms with Gasteiger partial charge in [0.25, 0.3) is 0 Å². The smallest absolute Gasteiger partial charge is 0.172 e. The Hall–Kier alpha value is -1.20. The summed E-state index contributed by atoms with van der Waals surface area (Å²) in [5, 5.41) is 31.5. The number of hydrogen-bond acceptors (Lipinski definition) is 4. The number of fused-ring (bicyclic) bond motifs is 1. The summed E-state index contributed by atoms with van der Waals surface area (Å²) in [5.41, 5.74) is 4.81. The molecule has 30 heavy (non-hydrogen) atoms. The minimum atomic E-state index is -1.48. The molecule has 0 heterocycles. The van der Waals surface area contributed by atoms with Crippen molar-refractivity contribution >= 4 is 0 Å². The molecule has 3 rings (SSSR count). The summed E-state index contributed by atoms with van der Waals surface area (Å²) in [7, 11) is 0. The highest BCUT2D eigenvalue weighted by Gasteiger charge is 2.44. The van der Waals surface area contributed by atoms with Crippen LogP contribution in [0.1, 0.15) is 72.6 Å². The van der Waals surface area contributed by atoms with E-state index in [0.29, 0.717) is 11.5 Å². The summed E-state index contributed by atoms with van der Waals surface area (Å²) in [6.45, 7) is 12.6. The van der Waals surface area contributed by atoms with Crippen LogP contribution >= 0.6 is 0 Å². The fourth-order valence-corrected chi connectivity index (χ4v) is 5.49. The van der Waals surface area contributed by atoms with Gasteiger partial charge in [0.2, 0.25) is 0 Å². The molecule has 2 fully saturated rings. The third-order valence-corrected chi connectivity index (χ3v) is 7.68. The lowest BCUT2D eigenvalue weighted by Crippen LogP contribution is -2.44. The number of aliphatic hydroxyl groups is 3. The molecule has 3 aliphatic rings. The van der Waals surface area contributed by atoms with Crippen LogP contribution in [-0.2, 0) is 4.74 Å². The molecule has 2 saturated carbocycles. The Kier molecular flexibility index (Phi) is 7.13. The fourth-order valence-electron chi connectivity index (χ4n) is 5.49. The first-order valence-corrected chi connectivity index (χ1v) is 11.6. The number of ether oxygens (including phenoxy) is 1. The van der Waals surface area contributed by atoms with E-state index < -0.39 is 18.0 Å². The molecule has 4 nitrogen and oxygen atoms in total. The normalized spacial score (nSPS) is 38.3. The zero-order chi connectivity index (χ0) is 22.1. The quantitative estimate of drug-likeness (QED) is 0.429. The largest absolute Gasteiger partial charge is 0.390 e. The summed E-state index contributed by atoms with van der Waals surface area (Å²) in [6.07, 6.45) is 11.3. The monoisotopic (exact) mass is 416 g/mol. The van der Waals surface area contributed by atoms with Gasteiger partial charge >= 0.3 is 0 Å². The molecule has 4 heteroatoms. The summed E-state index contributed by atoms with van der Waals surface area (Å²) >= 11 is 0. The standard InChI is InChI=1S/C26H40O4/c1-6-21-11-12-22-19(8-7-13-25(21,22)5)9-10-20-14-26(29,15-23(27)18(20)4)30-16-24(28)17(2)3/h9-11,17,22-24,27-29H,4,6-8,12-16H2,1-3,5H3/t22-,23+,24-,25-,26+/m1/s1. The van der Waals surface area contributed by atoms with Crippen molar-refractivity contribution in [2.75, 3.05) is 6.61 Å². The number of rotatable bonds is 6. The van der Waals surface area contributed by atoms with Gasteiger partial charge in [0, 0.05) is 12.8 Å². The Morgan fingerprint density at radius 1 is 1.33 bits per heavy atom. The molecular formula is C26H40O4. The molecule has 0 spiro atoms. The van der Waals surface area contributed by atoms with Crippen LogP contribution in [0.5, 0.6) is 0 Å². The zero-order valence-electron chi connectivity index (χ0n) is 19.2. The van der Waals surface area contributed by atoms with Crippen LogP contribution in [0.4, 0.5) is 0 Å². The van der Waals surface area contributed by atoms with Crippen molar-refractivity contribution in [3.63, 3.8) is 0 Å². The van der Waals surface area contributed by atoms with Crippen LogP contribution < -0.4 is 0 Å². The van der Waals surface area contributed by atoms with E-state index >= 15 is 0 Å². The first kappa shape index (κ1) is 23.5. The Balaban J connectivity index is 1.77. The number of hydrogen-bond donors (Lipinski definition) is 3. The van der Waals surface area contributed by atoms with Crippen LogP contribution in [0.2, 0.25) is 0 Å². The van der Waals surface area contributed by atoms with E-state index in [1.807, 2.05) is 19.9 Å². The molecule has 0 aliphatic heterocycles. The van der Waals surface area contributed by atoms with E-state index in [1.54, 1.807) is 5.57 Å². The second kappa shape index (κ2) is 9.12. The van der Waals surface area contributed by atoms with Crippen molar-refractivity contribution in [3.8, 4) is 0 Å². The molecule has 0 bridgehead atoms. The van der Waals surface area contributed by atoms with Gasteiger partial charge in [0.1, 0.15) is 0 Å². The van der Waals surface area contributed by atoms with Crippen molar-refractivity contribution in [1.29, 1.82) is 0 Å². The molecule has 0 aromatic carbocycles. The van der Waals surface area contributed by atoms with Crippen molar-refractivity contribution in [2.24, 2.45) is 17.3 Å². The third-order valence-electron chi connectivity index (χ3n) is 7.68. The summed E-state index contributed by atoms with van der Waals surface area (Å²) in [6, 6.07) is 0. The van der Waals surface area contributed by atoms with Gasteiger partial charge in [-0.05, 0) is 60.5 Å². The van der Waals surface area contributed by atoms with Crippen molar-refractivity contribution in [1.82, 2.24) is 0 Å².